The Morgan fingerprint density at radius 1 is 1.54 bits per heavy atom. The molecule has 2 rings (SSSR count). The minimum absolute atomic E-state index is 0.0842. The van der Waals surface area contributed by atoms with Crippen molar-refractivity contribution in [1.82, 2.24) is 5.16 Å². The van der Waals surface area contributed by atoms with Crippen molar-refractivity contribution >= 4 is 11.9 Å². The molecule has 1 fully saturated rings. The highest BCUT2D eigenvalue weighted by molar-refractivity contribution is 5.97. The summed E-state index contributed by atoms with van der Waals surface area (Å²) in [5, 5.41) is 3.53. The first-order valence-corrected chi connectivity index (χ1v) is 3.84. The number of carbonyl (C=O) groups excluding carboxylic acids is 2. The zero-order chi connectivity index (χ0) is 9.42. The zero-order valence-electron chi connectivity index (χ0n) is 6.94. The average molecular weight is 181 g/mol. The van der Waals surface area contributed by atoms with Crippen molar-refractivity contribution < 1.29 is 18.8 Å². The molecule has 5 nitrogen and oxygen atoms in total. The standard InChI is InChI=1S/C8H7NO4/c1-4-6(3-9-13-4)5-2-7(10)12-8(5)11/h3,5H,2H2,1H3. The molecule has 0 saturated carbocycles. The highest BCUT2D eigenvalue weighted by Crippen LogP contribution is 2.29. The maximum atomic E-state index is 11.1. The molecule has 1 aromatic rings. The van der Waals surface area contributed by atoms with E-state index in [0.717, 1.165) is 0 Å². The summed E-state index contributed by atoms with van der Waals surface area (Å²) < 4.78 is 9.20. The van der Waals surface area contributed by atoms with Crippen molar-refractivity contribution in [3.63, 3.8) is 0 Å². The maximum absolute atomic E-state index is 11.1. The van der Waals surface area contributed by atoms with Crippen LogP contribution >= 0.6 is 0 Å². The Bertz CT molecular complexity index is 368. The van der Waals surface area contributed by atoms with E-state index in [9.17, 15) is 9.59 Å². The normalized spacial score (nSPS) is 22.1. The molecule has 1 unspecified atom stereocenters. The lowest BCUT2D eigenvalue weighted by Crippen LogP contribution is -2.05. The van der Waals surface area contributed by atoms with Crippen LogP contribution in [0.2, 0.25) is 0 Å². The highest BCUT2D eigenvalue weighted by atomic mass is 16.6. The summed E-state index contributed by atoms with van der Waals surface area (Å²) in [5.74, 6) is -0.984. The lowest BCUT2D eigenvalue weighted by Gasteiger charge is -1.99. The molecule has 1 aliphatic heterocycles. The molecule has 5 heteroatoms. The maximum Gasteiger partial charge on any atom is 0.321 e. The number of nitrogens with zero attached hydrogens (tertiary/aromatic N) is 1. The molecular weight excluding hydrogens is 174 g/mol. The Morgan fingerprint density at radius 3 is 2.77 bits per heavy atom. The topological polar surface area (TPSA) is 69.4 Å². The van der Waals surface area contributed by atoms with Gasteiger partial charge in [-0.3, -0.25) is 9.59 Å². The van der Waals surface area contributed by atoms with Crippen LogP contribution in [-0.4, -0.2) is 17.1 Å². The molecule has 0 radical (unpaired) electrons. The molecule has 1 saturated heterocycles. The van der Waals surface area contributed by atoms with E-state index in [-0.39, 0.29) is 6.42 Å². The van der Waals surface area contributed by atoms with Crippen LogP contribution in [0.4, 0.5) is 0 Å². The lowest BCUT2D eigenvalue weighted by molar-refractivity contribution is -0.152. The third-order valence-corrected chi connectivity index (χ3v) is 2.03. The fourth-order valence-electron chi connectivity index (χ4n) is 1.35. The second-order valence-electron chi connectivity index (χ2n) is 2.89. The molecular formula is C8H7NO4. The minimum Gasteiger partial charge on any atom is -0.393 e. The van der Waals surface area contributed by atoms with Gasteiger partial charge < -0.3 is 9.26 Å². The number of aryl methyl sites for hydroxylation is 1. The molecule has 0 N–H and O–H groups in total. The van der Waals surface area contributed by atoms with Gasteiger partial charge in [-0.15, -0.1) is 0 Å². The van der Waals surface area contributed by atoms with E-state index in [0.29, 0.717) is 11.3 Å². The van der Waals surface area contributed by atoms with Gasteiger partial charge in [0.1, 0.15) is 5.76 Å². The second-order valence-corrected chi connectivity index (χ2v) is 2.89. The Hall–Kier alpha value is -1.65. The van der Waals surface area contributed by atoms with E-state index in [1.54, 1.807) is 6.92 Å². The molecule has 1 atom stereocenters. The van der Waals surface area contributed by atoms with E-state index < -0.39 is 17.9 Å². The molecule has 0 spiro atoms. The predicted octanol–water partition coefficient (Wildman–Crippen LogP) is 0.540. The van der Waals surface area contributed by atoms with Crippen molar-refractivity contribution in [2.75, 3.05) is 0 Å². The molecule has 0 aliphatic carbocycles. The van der Waals surface area contributed by atoms with Gasteiger partial charge in [-0.25, -0.2) is 0 Å². The molecule has 68 valence electrons. The van der Waals surface area contributed by atoms with Gasteiger partial charge in [-0.1, -0.05) is 5.16 Å². The third-order valence-electron chi connectivity index (χ3n) is 2.03. The van der Waals surface area contributed by atoms with Crippen LogP contribution in [0.1, 0.15) is 23.7 Å². The SMILES string of the molecule is Cc1oncc1C1CC(=O)OC1=O. The summed E-state index contributed by atoms with van der Waals surface area (Å²) in [6, 6.07) is 0. The van der Waals surface area contributed by atoms with Crippen LogP contribution in [0.3, 0.4) is 0 Å². The van der Waals surface area contributed by atoms with Gasteiger partial charge in [0.15, 0.2) is 0 Å². The van der Waals surface area contributed by atoms with Crippen LogP contribution in [-0.2, 0) is 14.3 Å². The average Bonchev–Trinajstić information content (AvgIpc) is 2.58. The predicted molar refractivity (Wildman–Crippen MR) is 39.7 cm³/mol. The first kappa shape index (κ1) is 7.97. The van der Waals surface area contributed by atoms with E-state index in [2.05, 4.69) is 9.89 Å². The Kier molecular flexibility index (Phi) is 1.65. The van der Waals surface area contributed by atoms with Gasteiger partial charge in [0, 0.05) is 5.56 Å². The molecule has 0 aromatic carbocycles. The number of carbonyl (C=O) groups is 2. The molecule has 0 amide bonds. The Balaban J connectivity index is 2.32. The zero-order valence-corrected chi connectivity index (χ0v) is 6.94. The number of hydrogen-bond donors (Lipinski definition) is 0. The van der Waals surface area contributed by atoms with Crippen LogP contribution in [0, 0.1) is 6.92 Å². The Labute approximate surface area is 73.7 Å². The summed E-state index contributed by atoms with van der Waals surface area (Å²) in [5.41, 5.74) is 0.635. The monoisotopic (exact) mass is 181 g/mol. The van der Waals surface area contributed by atoms with Gasteiger partial charge >= 0.3 is 11.9 Å². The first-order chi connectivity index (χ1) is 6.18. The molecule has 13 heavy (non-hydrogen) atoms. The number of esters is 2. The van der Waals surface area contributed by atoms with Gasteiger partial charge in [0.2, 0.25) is 0 Å². The van der Waals surface area contributed by atoms with Gasteiger partial charge in [-0.2, -0.15) is 0 Å². The third kappa shape index (κ3) is 1.22. The lowest BCUT2D eigenvalue weighted by atomic mass is 9.99. The van der Waals surface area contributed by atoms with E-state index in [1.807, 2.05) is 0 Å². The molecule has 1 aromatic heterocycles. The van der Waals surface area contributed by atoms with Crippen LogP contribution in [0.5, 0.6) is 0 Å². The van der Waals surface area contributed by atoms with E-state index in [4.69, 9.17) is 4.52 Å². The number of aromatic nitrogens is 1. The van der Waals surface area contributed by atoms with Crippen LogP contribution in [0.25, 0.3) is 0 Å². The van der Waals surface area contributed by atoms with Crippen molar-refractivity contribution in [2.45, 2.75) is 19.3 Å². The van der Waals surface area contributed by atoms with Crippen molar-refractivity contribution in [3.8, 4) is 0 Å². The highest BCUT2D eigenvalue weighted by Gasteiger charge is 2.36. The van der Waals surface area contributed by atoms with Crippen molar-refractivity contribution in [1.29, 1.82) is 0 Å². The molecule has 1 aliphatic rings. The minimum atomic E-state index is -0.529. The van der Waals surface area contributed by atoms with Crippen molar-refractivity contribution in [3.05, 3.63) is 17.5 Å². The van der Waals surface area contributed by atoms with Gasteiger partial charge in [0.25, 0.3) is 0 Å². The van der Waals surface area contributed by atoms with Gasteiger partial charge in [0.05, 0.1) is 18.5 Å². The summed E-state index contributed by atoms with van der Waals surface area (Å²) in [4.78, 5) is 21.9. The number of cyclic esters (lactones) is 2. The summed E-state index contributed by atoms with van der Waals surface area (Å²) in [7, 11) is 0. The number of rotatable bonds is 1. The second kappa shape index (κ2) is 2.69. The fourth-order valence-corrected chi connectivity index (χ4v) is 1.35. The fraction of sp³-hybridized carbons (Fsp3) is 0.375. The smallest absolute Gasteiger partial charge is 0.321 e. The quantitative estimate of drug-likeness (QED) is 0.467. The molecule has 0 bridgehead atoms. The first-order valence-electron chi connectivity index (χ1n) is 3.84. The number of ether oxygens (including phenoxy) is 1. The number of hydrogen-bond acceptors (Lipinski definition) is 5. The Morgan fingerprint density at radius 2 is 2.31 bits per heavy atom. The van der Waals surface area contributed by atoms with E-state index >= 15 is 0 Å². The summed E-state index contributed by atoms with van der Waals surface area (Å²) in [6.07, 6.45) is 1.53. The molecule has 2 heterocycles. The van der Waals surface area contributed by atoms with Gasteiger partial charge in [-0.05, 0) is 6.92 Å². The summed E-state index contributed by atoms with van der Waals surface area (Å²) in [6.45, 7) is 1.69. The van der Waals surface area contributed by atoms with E-state index in [1.165, 1.54) is 6.20 Å². The van der Waals surface area contributed by atoms with Crippen LogP contribution < -0.4 is 0 Å². The van der Waals surface area contributed by atoms with Crippen LogP contribution in [0.15, 0.2) is 10.7 Å². The summed E-state index contributed by atoms with van der Waals surface area (Å²) >= 11 is 0. The largest absolute Gasteiger partial charge is 0.393 e. The van der Waals surface area contributed by atoms with Crippen molar-refractivity contribution in [2.24, 2.45) is 0 Å².